The normalized spacial score (nSPS) is 16.4. The van der Waals surface area contributed by atoms with E-state index in [1.807, 2.05) is 60.7 Å². The molecular formula is C28H28ClN5O4. The molecule has 4 aromatic rings. The smallest absolute Gasteiger partial charge is 0.153 e. The van der Waals surface area contributed by atoms with Crippen molar-refractivity contribution >= 4 is 35.4 Å². The van der Waals surface area contributed by atoms with Crippen LogP contribution >= 0.6 is 12.4 Å². The van der Waals surface area contributed by atoms with Gasteiger partial charge in [0.2, 0.25) is 0 Å². The SMILES string of the molecule is COc1ccc2c(c1)OC1c3ccc(OC)cc3OCC21.Cl.Nc1ccc(N=Nc2ccccc2)c(N)n1. The molecule has 0 spiro atoms. The molecule has 4 N–H and O–H groups in total. The van der Waals surface area contributed by atoms with Crippen LogP contribution in [-0.2, 0) is 0 Å². The number of nitrogens with zero attached hydrogens (tertiary/aromatic N) is 3. The largest absolute Gasteiger partial charge is 0.497 e. The lowest BCUT2D eigenvalue weighted by atomic mass is 9.89. The summed E-state index contributed by atoms with van der Waals surface area (Å²) in [6.07, 6.45) is 0.00163. The number of azo groups is 1. The molecule has 38 heavy (non-hydrogen) atoms. The van der Waals surface area contributed by atoms with Crippen LogP contribution in [0.4, 0.5) is 23.0 Å². The van der Waals surface area contributed by atoms with Crippen LogP contribution in [0.25, 0.3) is 0 Å². The van der Waals surface area contributed by atoms with Crippen LogP contribution in [0.2, 0.25) is 0 Å². The number of halogens is 1. The summed E-state index contributed by atoms with van der Waals surface area (Å²) in [5.74, 6) is 4.21. The molecular weight excluding hydrogens is 506 g/mol. The van der Waals surface area contributed by atoms with Crippen LogP contribution in [0.15, 0.2) is 89.1 Å². The zero-order chi connectivity index (χ0) is 25.8. The van der Waals surface area contributed by atoms with Crippen LogP contribution in [-0.4, -0.2) is 25.8 Å². The molecule has 0 fully saturated rings. The lowest BCUT2D eigenvalue weighted by molar-refractivity contribution is 0.139. The Morgan fingerprint density at radius 2 is 1.50 bits per heavy atom. The number of ether oxygens (including phenoxy) is 4. The van der Waals surface area contributed by atoms with Gasteiger partial charge in [-0.05, 0) is 42.5 Å². The molecule has 0 saturated carbocycles. The number of nitrogen functional groups attached to an aromatic ring is 2. The molecule has 0 aliphatic carbocycles. The van der Waals surface area contributed by atoms with Gasteiger partial charge in [0.25, 0.3) is 0 Å². The van der Waals surface area contributed by atoms with Crippen LogP contribution in [0.1, 0.15) is 23.1 Å². The molecule has 0 saturated heterocycles. The maximum absolute atomic E-state index is 6.15. The number of benzene rings is 3. The average Bonchev–Trinajstić information content (AvgIpc) is 3.31. The van der Waals surface area contributed by atoms with Crippen molar-refractivity contribution in [3.63, 3.8) is 0 Å². The van der Waals surface area contributed by atoms with Gasteiger partial charge in [0.15, 0.2) is 5.82 Å². The van der Waals surface area contributed by atoms with E-state index < -0.39 is 0 Å². The van der Waals surface area contributed by atoms with Crippen LogP contribution < -0.4 is 30.4 Å². The minimum absolute atomic E-state index is 0. The molecule has 2 aliphatic rings. The lowest BCUT2D eigenvalue weighted by Crippen LogP contribution is -2.23. The van der Waals surface area contributed by atoms with E-state index >= 15 is 0 Å². The maximum atomic E-state index is 6.15. The van der Waals surface area contributed by atoms with Crippen molar-refractivity contribution in [1.29, 1.82) is 0 Å². The molecule has 0 bridgehead atoms. The first-order valence-electron chi connectivity index (χ1n) is 11.7. The molecule has 196 valence electrons. The first-order valence-corrected chi connectivity index (χ1v) is 11.7. The fourth-order valence-electron chi connectivity index (χ4n) is 4.24. The summed E-state index contributed by atoms with van der Waals surface area (Å²) in [6, 6.07) is 24.6. The molecule has 2 unspecified atom stereocenters. The minimum Gasteiger partial charge on any atom is -0.497 e. The Bertz CT molecular complexity index is 1430. The van der Waals surface area contributed by atoms with Crippen molar-refractivity contribution in [2.45, 2.75) is 12.0 Å². The number of methoxy groups -OCH3 is 2. The van der Waals surface area contributed by atoms with Gasteiger partial charge < -0.3 is 30.4 Å². The number of hydrogen-bond donors (Lipinski definition) is 2. The van der Waals surface area contributed by atoms with Gasteiger partial charge in [0, 0.05) is 23.3 Å². The highest BCUT2D eigenvalue weighted by Gasteiger charge is 2.40. The second-order valence-corrected chi connectivity index (χ2v) is 8.44. The molecule has 2 aliphatic heterocycles. The van der Waals surface area contributed by atoms with Crippen molar-refractivity contribution in [3.05, 3.63) is 90.0 Å². The minimum atomic E-state index is 0. The van der Waals surface area contributed by atoms with E-state index in [0.29, 0.717) is 18.1 Å². The van der Waals surface area contributed by atoms with Crippen molar-refractivity contribution in [1.82, 2.24) is 4.98 Å². The highest BCUT2D eigenvalue weighted by Crippen LogP contribution is 2.52. The third-order valence-corrected chi connectivity index (χ3v) is 6.14. The molecule has 10 heteroatoms. The fourth-order valence-corrected chi connectivity index (χ4v) is 4.24. The Labute approximate surface area is 226 Å². The van der Waals surface area contributed by atoms with E-state index in [1.165, 1.54) is 5.56 Å². The number of anilines is 2. The average molecular weight is 534 g/mol. The highest BCUT2D eigenvalue weighted by molar-refractivity contribution is 5.85. The first-order chi connectivity index (χ1) is 18.1. The third-order valence-electron chi connectivity index (χ3n) is 6.14. The summed E-state index contributed by atoms with van der Waals surface area (Å²) < 4.78 is 22.6. The number of aromatic nitrogens is 1. The van der Waals surface area contributed by atoms with E-state index in [9.17, 15) is 0 Å². The molecule has 3 aromatic carbocycles. The number of rotatable bonds is 4. The molecule has 0 amide bonds. The van der Waals surface area contributed by atoms with E-state index in [4.69, 9.17) is 30.4 Å². The summed E-state index contributed by atoms with van der Waals surface area (Å²) >= 11 is 0. The van der Waals surface area contributed by atoms with E-state index in [0.717, 1.165) is 34.2 Å². The molecule has 9 nitrogen and oxygen atoms in total. The monoisotopic (exact) mass is 533 g/mol. The zero-order valence-electron chi connectivity index (χ0n) is 20.9. The summed E-state index contributed by atoms with van der Waals surface area (Å²) in [6.45, 7) is 0.615. The molecule has 0 radical (unpaired) electrons. The summed E-state index contributed by atoms with van der Waals surface area (Å²) in [4.78, 5) is 3.89. The fraction of sp³-hybridized carbons (Fsp3) is 0.179. The predicted molar refractivity (Wildman–Crippen MR) is 149 cm³/mol. The summed E-state index contributed by atoms with van der Waals surface area (Å²) in [7, 11) is 3.32. The van der Waals surface area contributed by atoms with Gasteiger partial charge in [0.05, 0.1) is 32.4 Å². The predicted octanol–water partition coefficient (Wildman–Crippen LogP) is 6.40. The van der Waals surface area contributed by atoms with Crippen LogP contribution in [0.5, 0.6) is 23.0 Å². The van der Waals surface area contributed by atoms with Gasteiger partial charge in [-0.1, -0.05) is 24.3 Å². The van der Waals surface area contributed by atoms with E-state index in [-0.39, 0.29) is 30.2 Å². The number of hydrogen-bond acceptors (Lipinski definition) is 9. The second kappa shape index (κ2) is 11.7. The van der Waals surface area contributed by atoms with E-state index in [2.05, 4.69) is 21.3 Å². The number of pyridine rings is 1. The standard InChI is InChI=1S/C17H16O4.C11H11N5.ClH/c1-18-10-4-6-13-15(7-10)20-9-14-12-5-3-11(19-2)8-16(12)21-17(13)14;12-10-7-6-9(11(13)14-10)16-15-8-4-2-1-3-5-8;/h3-8,14,17H,9H2,1-2H3;1-7H,(H4,12,13,14);1H. The molecule has 3 heterocycles. The van der Waals surface area contributed by atoms with E-state index in [1.54, 1.807) is 26.4 Å². The molecule has 6 rings (SSSR count). The molecule has 1 aromatic heterocycles. The Kier molecular flexibility index (Phi) is 8.18. The van der Waals surface area contributed by atoms with Gasteiger partial charge >= 0.3 is 0 Å². The summed E-state index contributed by atoms with van der Waals surface area (Å²) in [5, 5.41) is 8.03. The number of fused-ring (bicyclic) bond motifs is 5. The van der Waals surface area contributed by atoms with Crippen molar-refractivity contribution in [2.24, 2.45) is 10.2 Å². The molecule has 2 atom stereocenters. The summed E-state index contributed by atoms with van der Waals surface area (Å²) in [5.41, 5.74) is 14.6. The van der Waals surface area contributed by atoms with Gasteiger partial charge in [-0.15, -0.1) is 17.5 Å². The Morgan fingerprint density at radius 1 is 0.816 bits per heavy atom. The van der Waals surface area contributed by atoms with Gasteiger partial charge in [0.1, 0.15) is 40.6 Å². The second-order valence-electron chi connectivity index (χ2n) is 8.44. The van der Waals surface area contributed by atoms with Crippen molar-refractivity contribution in [3.8, 4) is 23.0 Å². The van der Waals surface area contributed by atoms with Gasteiger partial charge in [-0.25, -0.2) is 4.98 Å². The Hall–Kier alpha value is -4.50. The third kappa shape index (κ3) is 5.57. The maximum Gasteiger partial charge on any atom is 0.153 e. The topological polar surface area (TPSA) is 127 Å². The van der Waals surface area contributed by atoms with Crippen LogP contribution in [0.3, 0.4) is 0 Å². The zero-order valence-corrected chi connectivity index (χ0v) is 21.7. The van der Waals surface area contributed by atoms with Gasteiger partial charge in [-0.3, -0.25) is 0 Å². The Morgan fingerprint density at radius 3 is 2.18 bits per heavy atom. The van der Waals surface area contributed by atoms with Crippen LogP contribution in [0, 0.1) is 0 Å². The van der Waals surface area contributed by atoms with Gasteiger partial charge in [-0.2, -0.15) is 5.11 Å². The quantitative estimate of drug-likeness (QED) is 0.291. The first kappa shape index (κ1) is 26.6. The van der Waals surface area contributed by atoms with Crippen molar-refractivity contribution in [2.75, 3.05) is 32.3 Å². The van der Waals surface area contributed by atoms with Crippen molar-refractivity contribution < 1.29 is 18.9 Å². The Balaban J connectivity index is 0.000000179. The highest BCUT2D eigenvalue weighted by atomic mass is 35.5. The lowest BCUT2D eigenvalue weighted by Gasteiger charge is -2.28. The number of nitrogens with two attached hydrogens (primary N) is 2.